The van der Waals surface area contributed by atoms with Gasteiger partial charge in [-0.1, -0.05) is 19.1 Å². The van der Waals surface area contributed by atoms with Gasteiger partial charge in [0.1, 0.15) is 12.2 Å². The predicted octanol–water partition coefficient (Wildman–Crippen LogP) is 1.87. The quantitative estimate of drug-likeness (QED) is 0.418. The highest BCUT2D eigenvalue weighted by Crippen LogP contribution is 2.08. The highest BCUT2D eigenvalue weighted by atomic mass is 32.1. The van der Waals surface area contributed by atoms with Crippen LogP contribution < -0.4 is 10.6 Å². The molecule has 2 aromatic rings. The largest absolute Gasteiger partial charge is 0.355 e. The van der Waals surface area contributed by atoms with Crippen molar-refractivity contribution < 1.29 is 0 Å². The average Bonchev–Trinajstić information content (AvgIpc) is 3.23. The maximum Gasteiger partial charge on any atom is 0.191 e. The maximum absolute atomic E-state index is 4.61. The first kappa shape index (κ1) is 17.2. The van der Waals surface area contributed by atoms with Crippen LogP contribution in [0.2, 0.25) is 0 Å². The van der Waals surface area contributed by atoms with E-state index in [0.29, 0.717) is 6.54 Å². The van der Waals surface area contributed by atoms with Crippen molar-refractivity contribution in [3.63, 3.8) is 0 Å². The number of aryl methyl sites for hydroxylation is 1. The number of guanidine groups is 1. The molecule has 0 bridgehead atoms. The van der Waals surface area contributed by atoms with Crippen molar-refractivity contribution in [2.24, 2.45) is 4.99 Å². The number of nitrogens with one attached hydrogen (secondary N) is 2. The van der Waals surface area contributed by atoms with Crippen LogP contribution in [0.25, 0.3) is 0 Å². The van der Waals surface area contributed by atoms with Gasteiger partial charge in [-0.3, -0.25) is 4.99 Å². The van der Waals surface area contributed by atoms with Crippen LogP contribution in [0.5, 0.6) is 0 Å². The van der Waals surface area contributed by atoms with Crippen molar-refractivity contribution in [2.45, 2.75) is 26.3 Å². The van der Waals surface area contributed by atoms with Crippen molar-refractivity contribution >= 4 is 17.3 Å². The number of aromatic nitrogens is 3. The van der Waals surface area contributed by atoms with E-state index in [0.717, 1.165) is 44.3 Å². The molecule has 23 heavy (non-hydrogen) atoms. The third-order valence-corrected chi connectivity index (χ3v) is 4.22. The van der Waals surface area contributed by atoms with E-state index in [1.54, 1.807) is 17.7 Å². The fraction of sp³-hybridized carbons (Fsp3) is 0.438. The number of nitrogens with zero attached hydrogens (tertiary/aromatic N) is 4. The van der Waals surface area contributed by atoms with Crippen LogP contribution in [0.1, 0.15) is 17.6 Å². The summed E-state index contributed by atoms with van der Waals surface area (Å²) in [5.74, 6) is 1.81. The van der Waals surface area contributed by atoms with Crippen LogP contribution in [0, 0.1) is 0 Å². The van der Waals surface area contributed by atoms with Crippen LogP contribution in [0.3, 0.4) is 0 Å². The zero-order valence-corrected chi connectivity index (χ0v) is 14.4. The smallest absolute Gasteiger partial charge is 0.191 e. The number of thiophene rings is 1. The van der Waals surface area contributed by atoms with Gasteiger partial charge in [0.15, 0.2) is 5.96 Å². The van der Waals surface area contributed by atoms with E-state index >= 15 is 0 Å². The standard InChI is InChI=1S/C16H24N6S/c1-3-8-17-16(18-9-7-14-6-5-12-23-14)19-10-11-22-13-20-21-15(22)4-2/h3,5-6,12-13H,1,4,7-11H2,2H3,(H2,17,18,19). The minimum Gasteiger partial charge on any atom is -0.355 e. The Hall–Kier alpha value is -2.15. The molecule has 0 saturated heterocycles. The molecule has 2 heterocycles. The maximum atomic E-state index is 4.61. The van der Waals surface area contributed by atoms with Crippen LogP contribution in [0.15, 0.2) is 41.5 Å². The molecule has 0 unspecified atom stereocenters. The van der Waals surface area contributed by atoms with Crippen molar-refractivity contribution in [3.8, 4) is 0 Å². The Balaban J connectivity index is 1.81. The molecule has 0 aliphatic rings. The highest BCUT2D eigenvalue weighted by Gasteiger charge is 2.02. The fourth-order valence-corrected chi connectivity index (χ4v) is 2.81. The van der Waals surface area contributed by atoms with E-state index in [1.807, 2.05) is 6.08 Å². The minimum absolute atomic E-state index is 0.692. The molecule has 6 nitrogen and oxygen atoms in total. The van der Waals surface area contributed by atoms with E-state index in [9.17, 15) is 0 Å². The molecule has 2 N–H and O–H groups in total. The molecular weight excluding hydrogens is 308 g/mol. The second-order valence-corrected chi connectivity index (χ2v) is 5.98. The van der Waals surface area contributed by atoms with Gasteiger partial charge >= 0.3 is 0 Å². The summed E-state index contributed by atoms with van der Waals surface area (Å²) in [4.78, 5) is 5.97. The summed E-state index contributed by atoms with van der Waals surface area (Å²) in [7, 11) is 0. The van der Waals surface area contributed by atoms with E-state index in [1.165, 1.54) is 4.88 Å². The van der Waals surface area contributed by atoms with Gasteiger partial charge in [-0.05, 0) is 11.4 Å². The second-order valence-electron chi connectivity index (χ2n) is 4.95. The van der Waals surface area contributed by atoms with Gasteiger partial charge in [0.2, 0.25) is 0 Å². The summed E-state index contributed by atoms with van der Waals surface area (Å²) in [6.45, 7) is 8.86. The Bertz CT molecular complexity index is 602. The Morgan fingerprint density at radius 3 is 3.13 bits per heavy atom. The summed E-state index contributed by atoms with van der Waals surface area (Å²) < 4.78 is 2.06. The summed E-state index contributed by atoms with van der Waals surface area (Å²) in [5, 5.41) is 16.7. The normalized spacial score (nSPS) is 11.4. The topological polar surface area (TPSA) is 67.1 Å². The van der Waals surface area contributed by atoms with Crippen molar-refractivity contribution in [1.29, 1.82) is 0 Å². The van der Waals surface area contributed by atoms with E-state index in [2.05, 4.69) is 61.4 Å². The lowest BCUT2D eigenvalue weighted by Gasteiger charge is -2.12. The number of aliphatic imine (C=N–C) groups is 1. The van der Waals surface area contributed by atoms with Crippen LogP contribution >= 0.6 is 11.3 Å². The van der Waals surface area contributed by atoms with Gasteiger partial charge in [-0.15, -0.1) is 28.1 Å². The molecule has 0 aliphatic carbocycles. The Kier molecular flexibility index (Phi) is 7.32. The first-order chi connectivity index (χ1) is 11.3. The SMILES string of the molecule is C=CCNC(=NCCc1cccs1)NCCn1cnnc1CC. The fourth-order valence-electron chi connectivity index (χ4n) is 2.11. The lowest BCUT2D eigenvalue weighted by Crippen LogP contribution is -2.39. The van der Waals surface area contributed by atoms with Crippen molar-refractivity contribution in [1.82, 2.24) is 25.4 Å². The third-order valence-electron chi connectivity index (χ3n) is 3.28. The average molecular weight is 332 g/mol. The molecule has 2 rings (SSSR count). The molecule has 0 spiro atoms. The van der Waals surface area contributed by atoms with Crippen LogP contribution in [-0.2, 0) is 19.4 Å². The van der Waals surface area contributed by atoms with E-state index in [-0.39, 0.29) is 0 Å². The molecular formula is C16H24N6S. The summed E-state index contributed by atoms with van der Waals surface area (Å²) in [6, 6.07) is 4.21. The molecule has 124 valence electrons. The molecule has 0 atom stereocenters. The monoisotopic (exact) mass is 332 g/mol. The first-order valence-electron chi connectivity index (χ1n) is 7.85. The zero-order chi connectivity index (χ0) is 16.3. The Labute approximate surface area is 141 Å². The van der Waals surface area contributed by atoms with Crippen molar-refractivity contribution in [2.75, 3.05) is 19.6 Å². The molecule has 0 radical (unpaired) electrons. The number of rotatable bonds is 9. The van der Waals surface area contributed by atoms with Gasteiger partial charge in [0, 0.05) is 43.9 Å². The van der Waals surface area contributed by atoms with Crippen molar-refractivity contribution in [3.05, 3.63) is 47.2 Å². The van der Waals surface area contributed by atoms with Crippen LogP contribution in [0.4, 0.5) is 0 Å². The first-order valence-corrected chi connectivity index (χ1v) is 8.73. The number of hydrogen-bond acceptors (Lipinski definition) is 4. The van der Waals surface area contributed by atoms with Gasteiger partial charge in [0.25, 0.3) is 0 Å². The zero-order valence-electron chi connectivity index (χ0n) is 13.5. The predicted molar refractivity (Wildman–Crippen MR) is 95.9 cm³/mol. The molecule has 0 aliphatic heterocycles. The Morgan fingerprint density at radius 2 is 2.39 bits per heavy atom. The van der Waals surface area contributed by atoms with E-state index < -0.39 is 0 Å². The lowest BCUT2D eigenvalue weighted by molar-refractivity contribution is 0.633. The van der Waals surface area contributed by atoms with Gasteiger partial charge in [-0.2, -0.15) is 0 Å². The molecule has 2 aromatic heterocycles. The molecule has 0 aromatic carbocycles. The van der Waals surface area contributed by atoms with Gasteiger partial charge < -0.3 is 15.2 Å². The van der Waals surface area contributed by atoms with Gasteiger partial charge in [0.05, 0.1) is 0 Å². The van der Waals surface area contributed by atoms with E-state index in [4.69, 9.17) is 0 Å². The minimum atomic E-state index is 0.692. The van der Waals surface area contributed by atoms with Crippen LogP contribution in [-0.4, -0.2) is 40.4 Å². The summed E-state index contributed by atoms with van der Waals surface area (Å²) >= 11 is 1.77. The second kappa shape index (κ2) is 9.78. The van der Waals surface area contributed by atoms with Gasteiger partial charge in [-0.25, -0.2) is 0 Å². The highest BCUT2D eigenvalue weighted by molar-refractivity contribution is 7.09. The summed E-state index contributed by atoms with van der Waals surface area (Å²) in [6.07, 6.45) is 5.44. The molecule has 0 saturated carbocycles. The molecule has 0 amide bonds. The molecule has 7 heteroatoms. The summed E-state index contributed by atoms with van der Waals surface area (Å²) in [5.41, 5.74) is 0. The molecule has 0 fully saturated rings. The number of hydrogen-bond donors (Lipinski definition) is 2. The third kappa shape index (κ3) is 5.86. The lowest BCUT2D eigenvalue weighted by atomic mass is 10.3. The Morgan fingerprint density at radius 1 is 1.48 bits per heavy atom.